The van der Waals surface area contributed by atoms with E-state index < -0.39 is 0 Å². The summed E-state index contributed by atoms with van der Waals surface area (Å²) < 4.78 is 0. The topological polar surface area (TPSA) is 82.6 Å². The average Bonchev–Trinajstić information content (AvgIpc) is 3.03. The van der Waals surface area contributed by atoms with Gasteiger partial charge in [-0.25, -0.2) is 5.43 Å². The Morgan fingerprint density at radius 3 is 2.77 bits per heavy atom. The molecule has 6 nitrogen and oxygen atoms in total. The lowest BCUT2D eigenvalue weighted by Gasteiger charge is -2.19. The second-order valence-electron chi connectivity index (χ2n) is 5.41. The molecule has 2 unspecified atom stereocenters. The first-order chi connectivity index (χ1) is 10.6. The van der Waals surface area contributed by atoms with E-state index in [0.717, 1.165) is 29.3 Å². The van der Waals surface area contributed by atoms with E-state index in [-0.39, 0.29) is 23.1 Å². The molecule has 2 heterocycles. The van der Waals surface area contributed by atoms with Gasteiger partial charge >= 0.3 is 0 Å². The van der Waals surface area contributed by atoms with Crippen LogP contribution >= 0.6 is 11.8 Å². The maximum atomic E-state index is 12.0. The highest BCUT2D eigenvalue weighted by Crippen LogP contribution is 2.20. The third kappa shape index (κ3) is 3.31. The molecule has 2 atom stereocenters. The molecule has 2 amide bonds. The van der Waals surface area contributed by atoms with E-state index in [1.807, 2.05) is 31.2 Å². The molecule has 0 aliphatic carbocycles. The average molecular weight is 318 g/mol. The van der Waals surface area contributed by atoms with Gasteiger partial charge in [-0.2, -0.15) is 5.10 Å². The molecule has 1 fully saturated rings. The summed E-state index contributed by atoms with van der Waals surface area (Å²) in [4.78, 5) is 23.3. The number of rotatable bonds is 3. The molecule has 116 valence electrons. The van der Waals surface area contributed by atoms with Crippen molar-refractivity contribution in [1.29, 1.82) is 0 Å². The summed E-state index contributed by atoms with van der Waals surface area (Å²) in [6.45, 7) is 2.85. The second-order valence-corrected chi connectivity index (χ2v) is 6.62. The predicted molar refractivity (Wildman–Crippen MR) is 87.8 cm³/mol. The van der Waals surface area contributed by atoms with Crippen LogP contribution in [0.2, 0.25) is 0 Å². The van der Waals surface area contributed by atoms with Crippen LogP contribution in [0.4, 0.5) is 5.69 Å². The van der Waals surface area contributed by atoms with Crippen molar-refractivity contribution in [2.45, 2.75) is 18.7 Å². The molecule has 3 rings (SSSR count). The summed E-state index contributed by atoms with van der Waals surface area (Å²) in [5.41, 5.74) is 5.10. The van der Waals surface area contributed by atoms with Crippen molar-refractivity contribution in [2.75, 3.05) is 17.6 Å². The maximum Gasteiger partial charge on any atom is 0.251 e. The van der Waals surface area contributed by atoms with E-state index in [4.69, 9.17) is 0 Å². The van der Waals surface area contributed by atoms with Gasteiger partial charge < -0.3 is 5.32 Å². The number of carbonyl (C=O) groups is 2. The van der Waals surface area contributed by atoms with Crippen molar-refractivity contribution >= 4 is 35.0 Å². The monoisotopic (exact) mass is 318 g/mol. The summed E-state index contributed by atoms with van der Waals surface area (Å²) in [5.74, 6) is 0.973. The molecule has 0 bridgehead atoms. The lowest BCUT2D eigenvalue weighted by Crippen LogP contribution is -2.33. The SMILES string of the molecule is CC1CC(=O)NN=C1c1ccc(NC(=O)C2NCCS2)cc1. The number of carbonyl (C=O) groups excluding carboxylic acids is 2. The Labute approximate surface area is 133 Å². The number of anilines is 1. The molecule has 22 heavy (non-hydrogen) atoms. The molecule has 7 heteroatoms. The Morgan fingerprint density at radius 2 is 2.14 bits per heavy atom. The Morgan fingerprint density at radius 1 is 1.36 bits per heavy atom. The number of hydrogen-bond acceptors (Lipinski definition) is 5. The minimum atomic E-state index is -0.169. The molecule has 0 radical (unpaired) electrons. The molecular weight excluding hydrogens is 300 g/mol. The van der Waals surface area contributed by atoms with Crippen LogP contribution in [0.1, 0.15) is 18.9 Å². The molecule has 2 aliphatic heterocycles. The second kappa shape index (κ2) is 6.50. The molecular formula is C15H18N4O2S. The fourth-order valence-electron chi connectivity index (χ4n) is 2.53. The van der Waals surface area contributed by atoms with Crippen LogP contribution in [0.3, 0.4) is 0 Å². The van der Waals surface area contributed by atoms with Crippen molar-refractivity contribution in [3.8, 4) is 0 Å². The molecule has 2 aliphatic rings. The van der Waals surface area contributed by atoms with Crippen LogP contribution < -0.4 is 16.1 Å². The number of nitrogens with zero attached hydrogens (tertiary/aromatic N) is 1. The quantitative estimate of drug-likeness (QED) is 0.781. The van der Waals surface area contributed by atoms with E-state index in [2.05, 4.69) is 21.2 Å². The number of thioether (sulfide) groups is 1. The number of amides is 2. The van der Waals surface area contributed by atoms with Gasteiger partial charge in [-0.15, -0.1) is 11.8 Å². The molecule has 3 N–H and O–H groups in total. The molecule has 0 spiro atoms. The van der Waals surface area contributed by atoms with Gasteiger partial charge in [0.2, 0.25) is 5.91 Å². The molecule has 0 saturated carbocycles. The number of nitrogens with one attached hydrogen (secondary N) is 3. The molecule has 0 aromatic heterocycles. The van der Waals surface area contributed by atoms with Crippen LogP contribution in [0.15, 0.2) is 29.4 Å². The third-order valence-electron chi connectivity index (χ3n) is 3.66. The summed E-state index contributed by atoms with van der Waals surface area (Å²) in [6.07, 6.45) is 0.446. The van der Waals surface area contributed by atoms with Gasteiger partial charge in [-0.05, 0) is 17.7 Å². The summed E-state index contributed by atoms with van der Waals surface area (Å²) in [7, 11) is 0. The summed E-state index contributed by atoms with van der Waals surface area (Å²) in [5, 5.41) is 10.0. The highest BCUT2D eigenvalue weighted by molar-refractivity contribution is 8.00. The number of hydrogen-bond donors (Lipinski definition) is 3. The van der Waals surface area contributed by atoms with Crippen molar-refractivity contribution in [2.24, 2.45) is 11.0 Å². The first-order valence-electron chi connectivity index (χ1n) is 7.26. The van der Waals surface area contributed by atoms with E-state index in [0.29, 0.717) is 6.42 Å². The lowest BCUT2D eigenvalue weighted by atomic mass is 9.94. The first kappa shape index (κ1) is 15.1. The maximum absolute atomic E-state index is 12.0. The summed E-state index contributed by atoms with van der Waals surface area (Å²) >= 11 is 1.61. The standard InChI is InChI=1S/C15H18N4O2S/c1-9-8-12(20)18-19-13(9)10-2-4-11(5-3-10)17-14(21)15-16-6-7-22-15/h2-5,9,15-16H,6-8H2,1H3,(H,17,21)(H,18,20). The van der Waals surface area contributed by atoms with Crippen LogP contribution in [0.25, 0.3) is 0 Å². The van der Waals surface area contributed by atoms with Crippen LogP contribution in [0, 0.1) is 5.92 Å². The third-order valence-corrected chi connectivity index (χ3v) is 4.82. The zero-order valence-corrected chi connectivity index (χ0v) is 13.1. The molecule has 1 saturated heterocycles. The van der Waals surface area contributed by atoms with E-state index in [9.17, 15) is 9.59 Å². The fraction of sp³-hybridized carbons (Fsp3) is 0.400. The van der Waals surface area contributed by atoms with Gasteiger partial charge in [0, 0.05) is 30.3 Å². The Bertz CT molecular complexity index is 608. The largest absolute Gasteiger partial charge is 0.324 e. The van der Waals surface area contributed by atoms with E-state index >= 15 is 0 Å². The van der Waals surface area contributed by atoms with Gasteiger partial charge in [0.25, 0.3) is 5.91 Å². The molecule has 1 aromatic carbocycles. The fourth-order valence-corrected chi connectivity index (χ4v) is 3.45. The Hall–Kier alpha value is -1.86. The lowest BCUT2D eigenvalue weighted by molar-refractivity contribution is -0.122. The predicted octanol–water partition coefficient (Wildman–Crippen LogP) is 1.15. The van der Waals surface area contributed by atoms with Crippen LogP contribution in [-0.4, -0.2) is 35.2 Å². The highest BCUT2D eigenvalue weighted by Gasteiger charge is 2.23. The Kier molecular flexibility index (Phi) is 4.44. The number of hydrazone groups is 1. The smallest absolute Gasteiger partial charge is 0.251 e. The van der Waals surface area contributed by atoms with Gasteiger partial charge in [0.05, 0.1) is 5.71 Å². The Balaban J connectivity index is 1.67. The highest BCUT2D eigenvalue weighted by atomic mass is 32.2. The van der Waals surface area contributed by atoms with Crippen LogP contribution in [-0.2, 0) is 9.59 Å². The van der Waals surface area contributed by atoms with Gasteiger partial charge in [0.1, 0.15) is 5.37 Å². The van der Waals surface area contributed by atoms with Gasteiger partial charge in [0.15, 0.2) is 0 Å². The zero-order chi connectivity index (χ0) is 15.5. The van der Waals surface area contributed by atoms with E-state index in [1.54, 1.807) is 11.8 Å². The number of benzene rings is 1. The van der Waals surface area contributed by atoms with Gasteiger partial charge in [-0.1, -0.05) is 19.1 Å². The van der Waals surface area contributed by atoms with Gasteiger partial charge in [-0.3, -0.25) is 14.9 Å². The van der Waals surface area contributed by atoms with Crippen LogP contribution in [0.5, 0.6) is 0 Å². The normalized spacial score (nSPS) is 24.6. The van der Waals surface area contributed by atoms with Crippen molar-refractivity contribution in [3.05, 3.63) is 29.8 Å². The van der Waals surface area contributed by atoms with Crippen molar-refractivity contribution < 1.29 is 9.59 Å². The van der Waals surface area contributed by atoms with Crippen molar-refractivity contribution in [3.63, 3.8) is 0 Å². The molecule has 1 aromatic rings. The first-order valence-corrected chi connectivity index (χ1v) is 8.31. The zero-order valence-electron chi connectivity index (χ0n) is 12.3. The van der Waals surface area contributed by atoms with Crippen molar-refractivity contribution in [1.82, 2.24) is 10.7 Å². The van der Waals surface area contributed by atoms with E-state index in [1.165, 1.54) is 0 Å². The minimum Gasteiger partial charge on any atom is -0.324 e. The summed E-state index contributed by atoms with van der Waals surface area (Å²) in [6, 6.07) is 7.55. The minimum absolute atomic E-state index is 0.0223.